The summed E-state index contributed by atoms with van der Waals surface area (Å²) < 4.78 is 5.26. The minimum atomic E-state index is -0.587. The van der Waals surface area contributed by atoms with Crippen LogP contribution in [0.15, 0.2) is 48.5 Å². The second-order valence-electron chi connectivity index (χ2n) is 6.25. The smallest absolute Gasteiger partial charge is 0.242 e. The van der Waals surface area contributed by atoms with Crippen molar-refractivity contribution in [2.45, 2.75) is 32.9 Å². The van der Waals surface area contributed by atoms with Gasteiger partial charge in [-0.1, -0.05) is 35.9 Å². The molecule has 0 aliphatic heterocycles. The highest BCUT2D eigenvalue weighted by Crippen LogP contribution is 2.18. The van der Waals surface area contributed by atoms with Crippen LogP contribution in [0.4, 0.5) is 0 Å². The highest BCUT2D eigenvalue weighted by Gasteiger charge is 2.26. The van der Waals surface area contributed by atoms with Gasteiger partial charge >= 0.3 is 0 Å². The van der Waals surface area contributed by atoms with Gasteiger partial charge in [-0.15, -0.1) is 0 Å². The van der Waals surface area contributed by atoms with E-state index in [-0.39, 0.29) is 18.2 Å². The maximum Gasteiger partial charge on any atom is 0.242 e. The topological polar surface area (TPSA) is 58.6 Å². The molecule has 0 aliphatic rings. The van der Waals surface area contributed by atoms with Crippen LogP contribution in [0.2, 0.25) is 5.02 Å². The molecule has 2 aromatic rings. The highest BCUT2D eigenvalue weighted by molar-refractivity contribution is 6.30. The van der Waals surface area contributed by atoms with Crippen LogP contribution < -0.4 is 10.1 Å². The Kier molecular flexibility index (Phi) is 7.67. The summed E-state index contributed by atoms with van der Waals surface area (Å²) in [4.78, 5) is 26.9. The third-order valence-corrected chi connectivity index (χ3v) is 4.53. The zero-order chi connectivity index (χ0) is 19.8. The van der Waals surface area contributed by atoms with Gasteiger partial charge in [0.25, 0.3) is 0 Å². The summed E-state index contributed by atoms with van der Waals surface area (Å²) in [6.07, 6.45) is 0.199. The Morgan fingerprint density at radius 2 is 1.85 bits per heavy atom. The molecule has 5 nitrogen and oxygen atoms in total. The predicted molar refractivity (Wildman–Crippen MR) is 107 cm³/mol. The molecule has 1 atom stereocenters. The van der Waals surface area contributed by atoms with E-state index in [4.69, 9.17) is 16.3 Å². The minimum absolute atomic E-state index is 0.126. The first kappa shape index (κ1) is 20.8. The zero-order valence-electron chi connectivity index (χ0n) is 15.9. The van der Waals surface area contributed by atoms with E-state index in [1.54, 1.807) is 31.1 Å². The van der Waals surface area contributed by atoms with Crippen molar-refractivity contribution in [3.8, 4) is 5.75 Å². The summed E-state index contributed by atoms with van der Waals surface area (Å²) in [5.41, 5.74) is 1.75. The second kappa shape index (κ2) is 9.97. The van der Waals surface area contributed by atoms with Gasteiger partial charge in [0, 0.05) is 18.1 Å². The van der Waals surface area contributed by atoms with Gasteiger partial charge in [0.1, 0.15) is 11.8 Å². The summed E-state index contributed by atoms with van der Waals surface area (Å²) >= 11 is 5.91. The van der Waals surface area contributed by atoms with Gasteiger partial charge in [0.15, 0.2) is 0 Å². The summed E-state index contributed by atoms with van der Waals surface area (Å²) in [6.45, 7) is 4.43. The number of carbonyl (C=O) groups excluding carboxylic acids is 2. The number of benzene rings is 2. The Morgan fingerprint density at radius 1 is 1.15 bits per heavy atom. The third kappa shape index (κ3) is 6.00. The fraction of sp³-hybridized carbons (Fsp3) is 0.333. The Bertz CT molecular complexity index is 777. The van der Waals surface area contributed by atoms with E-state index in [1.807, 2.05) is 43.3 Å². The number of hydrogen-bond donors (Lipinski definition) is 1. The van der Waals surface area contributed by atoms with Crippen molar-refractivity contribution in [3.05, 3.63) is 64.7 Å². The number of nitrogens with zero attached hydrogens (tertiary/aromatic N) is 1. The Morgan fingerprint density at radius 3 is 2.48 bits per heavy atom. The number of amides is 2. The van der Waals surface area contributed by atoms with E-state index in [0.717, 1.165) is 11.1 Å². The minimum Gasteiger partial charge on any atom is -0.497 e. The van der Waals surface area contributed by atoms with Crippen LogP contribution in [0.3, 0.4) is 0 Å². The number of rotatable bonds is 8. The van der Waals surface area contributed by atoms with Gasteiger partial charge < -0.3 is 15.0 Å². The van der Waals surface area contributed by atoms with Crippen LogP contribution in [0.5, 0.6) is 5.75 Å². The summed E-state index contributed by atoms with van der Waals surface area (Å²) in [5, 5.41) is 3.41. The van der Waals surface area contributed by atoms with Crippen LogP contribution in [0, 0.1) is 0 Å². The van der Waals surface area contributed by atoms with Gasteiger partial charge in [-0.25, -0.2) is 0 Å². The average Bonchev–Trinajstić information content (AvgIpc) is 2.67. The van der Waals surface area contributed by atoms with Crippen molar-refractivity contribution in [2.75, 3.05) is 13.7 Å². The van der Waals surface area contributed by atoms with Gasteiger partial charge in [0.2, 0.25) is 11.8 Å². The van der Waals surface area contributed by atoms with Crippen LogP contribution in [0.25, 0.3) is 0 Å². The molecule has 0 saturated carbocycles. The standard InChI is InChI=1S/C21H25ClN2O3/c1-4-23-21(26)15(2)24(14-17-6-5-7-19(12-17)27-3)20(25)13-16-8-10-18(22)11-9-16/h5-12,15H,4,13-14H2,1-3H3,(H,23,26)/t15-/m1/s1. The fourth-order valence-corrected chi connectivity index (χ4v) is 2.88. The number of likely N-dealkylation sites (N-methyl/N-ethyl adjacent to an activating group) is 1. The van der Waals surface area contributed by atoms with Crippen molar-refractivity contribution in [1.29, 1.82) is 0 Å². The number of nitrogens with one attached hydrogen (secondary N) is 1. The lowest BCUT2D eigenvalue weighted by molar-refractivity contribution is -0.140. The van der Waals surface area contributed by atoms with Gasteiger partial charge in [0.05, 0.1) is 13.5 Å². The first-order chi connectivity index (χ1) is 12.9. The lowest BCUT2D eigenvalue weighted by atomic mass is 10.1. The van der Waals surface area contributed by atoms with Crippen LogP contribution in [-0.2, 0) is 22.6 Å². The maximum atomic E-state index is 13.0. The molecule has 144 valence electrons. The molecule has 27 heavy (non-hydrogen) atoms. The zero-order valence-corrected chi connectivity index (χ0v) is 16.6. The van der Waals surface area contributed by atoms with E-state index in [0.29, 0.717) is 23.9 Å². The molecule has 0 aromatic heterocycles. The lowest BCUT2D eigenvalue weighted by Gasteiger charge is -2.29. The number of hydrogen-bond acceptors (Lipinski definition) is 3. The summed E-state index contributed by atoms with van der Waals surface area (Å²) in [6, 6.07) is 14.1. The summed E-state index contributed by atoms with van der Waals surface area (Å²) in [5.74, 6) is 0.409. The monoisotopic (exact) mass is 388 g/mol. The summed E-state index contributed by atoms with van der Waals surface area (Å²) in [7, 11) is 1.60. The van der Waals surface area contributed by atoms with Crippen molar-refractivity contribution in [2.24, 2.45) is 0 Å². The Hall–Kier alpha value is -2.53. The number of ether oxygens (including phenoxy) is 1. The molecule has 1 N–H and O–H groups in total. The molecule has 0 spiro atoms. The molecule has 2 amide bonds. The normalized spacial score (nSPS) is 11.6. The highest BCUT2D eigenvalue weighted by atomic mass is 35.5. The number of methoxy groups -OCH3 is 1. The molecule has 0 aliphatic carbocycles. The van der Waals surface area contributed by atoms with E-state index in [2.05, 4.69) is 5.32 Å². The third-order valence-electron chi connectivity index (χ3n) is 4.27. The molecule has 2 aromatic carbocycles. The molecule has 0 bridgehead atoms. The van der Waals surface area contributed by atoms with E-state index in [1.165, 1.54) is 0 Å². The molecule has 0 radical (unpaired) electrons. The molecule has 0 saturated heterocycles. The maximum absolute atomic E-state index is 13.0. The molecule has 2 rings (SSSR count). The van der Waals surface area contributed by atoms with Gasteiger partial charge in [-0.05, 0) is 49.2 Å². The lowest BCUT2D eigenvalue weighted by Crippen LogP contribution is -2.48. The Balaban J connectivity index is 2.23. The van der Waals surface area contributed by atoms with Crippen molar-refractivity contribution in [3.63, 3.8) is 0 Å². The first-order valence-electron chi connectivity index (χ1n) is 8.89. The van der Waals surface area contributed by atoms with Crippen LogP contribution in [-0.4, -0.2) is 36.4 Å². The molecular weight excluding hydrogens is 364 g/mol. The second-order valence-corrected chi connectivity index (χ2v) is 6.68. The predicted octanol–water partition coefficient (Wildman–Crippen LogP) is 3.44. The van der Waals surface area contributed by atoms with E-state index >= 15 is 0 Å². The van der Waals surface area contributed by atoms with Gasteiger partial charge in [-0.3, -0.25) is 9.59 Å². The molecular formula is C21H25ClN2O3. The Labute approximate surface area is 165 Å². The molecule has 0 unspecified atom stereocenters. The number of carbonyl (C=O) groups is 2. The number of halogens is 1. The van der Waals surface area contributed by atoms with Crippen LogP contribution in [0.1, 0.15) is 25.0 Å². The fourth-order valence-electron chi connectivity index (χ4n) is 2.75. The van der Waals surface area contributed by atoms with Gasteiger partial charge in [-0.2, -0.15) is 0 Å². The van der Waals surface area contributed by atoms with Crippen molar-refractivity contribution < 1.29 is 14.3 Å². The largest absolute Gasteiger partial charge is 0.497 e. The van der Waals surface area contributed by atoms with Crippen LogP contribution >= 0.6 is 11.6 Å². The molecule has 0 heterocycles. The average molecular weight is 389 g/mol. The van der Waals surface area contributed by atoms with E-state index < -0.39 is 6.04 Å². The molecule has 0 fully saturated rings. The van der Waals surface area contributed by atoms with Crippen molar-refractivity contribution >= 4 is 23.4 Å². The first-order valence-corrected chi connectivity index (χ1v) is 9.27. The van der Waals surface area contributed by atoms with Crippen molar-refractivity contribution in [1.82, 2.24) is 10.2 Å². The van der Waals surface area contributed by atoms with E-state index in [9.17, 15) is 9.59 Å². The molecule has 6 heteroatoms. The quantitative estimate of drug-likeness (QED) is 0.753. The SMILES string of the molecule is CCNC(=O)[C@@H](C)N(Cc1cccc(OC)c1)C(=O)Cc1ccc(Cl)cc1.